The summed E-state index contributed by atoms with van der Waals surface area (Å²) < 4.78 is 41.4. The summed E-state index contributed by atoms with van der Waals surface area (Å²) >= 11 is 0. The summed E-state index contributed by atoms with van der Waals surface area (Å²) in [5.74, 6) is -6.71. The zero-order valence-corrected chi connectivity index (χ0v) is 5.94. The molecule has 3 nitrogen and oxygen atoms in total. The van der Waals surface area contributed by atoms with E-state index in [1.54, 1.807) is 0 Å². The van der Waals surface area contributed by atoms with E-state index in [2.05, 4.69) is 9.72 Å². The van der Waals surface area contributed by atoms with Crippen molar-refractivity contribution in [3.8, 4) is 11.5 Å². The molecule has 66 valence electrons. The molecule has 1 aromatic heterocycles. The Balaban J connectivity index is 3.42. The van der Waals surface area contributed by atoms with Crippen LogP contribution in [0.2, 0.25) is 0 Å². The Morgan fingerprint density at radius 1 is 1.25 bits per heavy atom. The van der Waals surface area contributed by atoms with E-state index in [4.69, 9.17) is 5.11 Å². The molecule has 0 aliphatic heterocycles. The minimum Gasteiger partial charge on any atom is -0.501 e. The molecule has 0 radical (unpaired) electrons. The van der Waals surface area contributed by atoms with E-state index in [9.17, 15) is 13.2 Å². The van der Waals surface area contributed by atoms with Crippen molar-refractivity contribution in [2.24, 2.45) is 0 Å². The zero-order valence-electron chi connectivity index (χ0n) is 5.94. The van der Waals surface area contributed by atoms with Gasteiger partial charge in [-0.05, 0) is 0 Å². The number of aromatic nitrogens is 1. The van der Waals surface area contributed by atoms with Crippen LogP contribution in [0, 0.1) is 17.7 Å². The monoisotopic (exact) mass is 179 g/mol. The van der Waals surface area contributed by atoms with Crippen molar-refractivity contribution in [2.75, 3.05) is 7.11 Å². The van der Waals surface area contributed by atoms with Gasteiger partial charge in [-0.1, -0.05) is 0 Å². The van der Waals surface area contributed by atoms with Crippen molar-refractivity contribution in [3.05, 3.63) is 17.7 Å². The SMILES string of the molecule is COc1c(O)c(F)nc(F)c1F. The molecule has 0 bridgehead atoms. The summed E-state index contributed by atoms with van der Waals surface area (Å²) in [5.41, 5.74) is 0. The van der Waals surface area contributed by atoms with E-state index in [-0.39, 0.29) is 0 Å². The summed E-state index contributed by atoms with van der Waals surface area (Å²) in [5, 5.41) is 8.73. The molecule has 0 aliphatic rings. The first kappa shape index (κ1) is 8.63. The second-order valence-corrected chi connectivity index (χ2v) is 1.89. The lowest BCUT2D eigenvalue weighted by atomic mass is 10.4. The predicted molar refractivity (Wildman–Crippen MR) is 32.3 cm³/mol. The molecule has 1 rings (SSSR count). The van der Waals surface area contributed by atoms with Gasteiger partial charge in [0.05, 0.1) is 7.11 Å². The normalized spacial score (nSPS) is 10.0. The highest BCUT2D eigenvalue weighted by atomic mass is 19.2. The number of aromatic hydroxyl groups is 1. The fraction of sp³-hybridized carbons (Fsp3) is 0.167. The number of nitrogens with zero attached hydrogens (tertiary/aromatic N) is 1. The van der Waals surface area contributed by atoms with Crippen LogP contribution in [0.1, 0.15) is 0 Å². The molecule has 12 heavy (non-hydrogen) atoms. The van der Waals surface area contributed by atoms with Gasteiger partial charge in [0.15, 0.2) is 0 Å². The Morgan fingerprint density at radius 3 is 2.33 bits per heavy atom. The topological polar surface area (TPSA) is 42.4 Å². The number of rotatable bonds is 1. The van der Waals surface area contributed by atoms with Gasteiger partial charge in [0.1, 0.15) is 0 Å². The smallest absolute Gasteiger partial charge is 0.261 e. The van der Waals surface area contributed by atoms with Crippen LogP contribution < -0.4 is 4.74 Å². The maximum atomic E-state index is 12.6. The van der Waals surface area contributed by atoms with E-state index in [0.29, 0.717) is 0 Å². The number of halogens is 3. The lowest BCUT2D eigenvalue weighted by Gasteiger charge is -2.04. The molecule has 0 amide bonds. The number of hydrogen-bond acceptors (Lipinski definition) is 3. The van der Waals surface area contributed by atoms with Crippen LogP contribution in [-0.2, 0) is 0 Å². The van der Waals surface area contributed by atoms with Gasteiger partial charge in [0, 0.05) is 0 Å². The summed E-state index contributed by atoms with van der Waals surface area (Å²) in [6.45, 7) is 0. The zero-order chi connectivity index (χ0) is 9.30. The van der Waals surface area contributed by atoms with E-state index < -0.39 is 29.2 Å². The quantitative estimate of drug-likeness (QED) is 0.659. The molecule has 1 heterocycles. The Labute approximate surface area is 65.4 Å². The van der Waals surface area contributed by atoms with Crippen molar-refractivity contribution >= 4 is 0 Å². The molecule has 0 fully saturated rings. The predicted octanol–water partition coefficient (Wildman–Crippen LogP) is 1.21. The van der Waals surface area contributed by atoms with Crippen LogP contribution in [0.25, 0.3) is 0 Å². The summed E-state index contributed by atoms with van der Waals surface area (Å²) in [6, 6.07) is 0. The van der Waals surface area contributed by atoms with Gasteiger partial charge in [0.2, 0.25) is 17.3 Å². The fourth-order valence-corrected chi connectivity index (χ4v) is 0.666. The molecule has 0 atom stereocenters. The molecule has 1 N–H and O–H groups in total. The molecule has 0 aliphatic carbocycles. The van der Waals surface area contributed by atoms with Crippen LogP contribution in [0.4, 0.5) is 13.2 Å². The molecule has 0 aromatic carbocycles. The fourth-order valence-electron chi connectivity index (χ4n) is 0.666. The first-order valence-corrected chi connectivity index (χ1v) is 2.85. The maximum Gasteiger partial charge on any atom is 0.261 e. The van der Waals surface area contributed by atoms with E-state index >= 15 is 0 Å². The van der Waals surface area contributed by atoms with E-state index in [0.717, 1.165) is 7.11 Å². The van der Waals surface area contributed by atoms with Crippen molar-refractivity contribution in [2.45, 2.75) is 0 Å². The summed E-state index contributed by atoms with van der Waals surface area (Å²) in [4.78, 5) is 2.44. The second-order valence-electron chi connectivity index (χ2n) is 1.89. The van der Waals surface area contributed by atoms with Gasteiger partial charge in [-0.2, -0.15) is 18.2 Å². The van der Waals surface area contributed by atoms with Crippen molar-refractivity contribution < 1.29 is 23.0 Å². The van der Waals surface area contributed by atoms with Gasteiger partial charge >= 0.3 is 0 Å². The number of ether oxygens (including phenoxy) is 1. The average Bonchev–Trinajstić information content (AvgIpc) is 2.02. The maximum absolute atomic E-state index is 12.6. The van der Waals surface area contributed by atoms with Crippen molar-refractivity contribution in [1.82, 2.24) is 4.98 Å². The largest absolute Gasteiger partial charge is 0.501 e. The minimum atomic E-state index is -1.65. The second kappa shape index (κ2) is 2.88. The number of pyridine rings is 1. The lowest BCUT2D eigenvalue weighted by molar-refractivity contribution is 0.311. The molecule has 6 heteroatoms. The van der Waals surface area contributed by atoms with Gasteiger partial charge in [-0.25, -0.2) is 0 Å². The Morgan fingerprint density at radius 2 is 1.83 bits per heavy atom. The van der Waals surface area contributed by atoms with Crippen LogP contribution in [0.15, 0.2) is 0 Å². The highest BCUT2D eigenvalue weighted by molar-refractivity contribution is 5.37. The Kier molecular flexibility index (Phi) is 2.07. The molecule has 0 saturated carbocycles. The molecule has 0 spiro atoms. The van der Waals surface area contributed by atoms with Crippen molar-refractivity contribution in [3.63, 3.8) is 0 Å². The van der Waals surface area contributed by atoms with E-state index in [1.165, 1.54) is 0 Å². The summed E-state index contributed by atoms with van der Waals surface area (Å²) in [7, 11) is 0.969. The highest BCUT2D eigenvalue weighted by Gasteiger charge is 2.20. The van der Waals surface area contributed by atoms with Gasteiger partial charge in [-0.3, -0.25) is 0 Å². The van der Waals surface area contributed by atoms with E-state index in [1.807, 2.05) is 0 Å². The summed E-state index contributed by atoms with van der Waals surface area (Å²) in [6.07, 6.45) is 0. The lowest BCUT2D eigenvalue weighted by Crippen LogP contribution is -1.99. The van der Waals surface area contributed by atoms with Gasteiger partial charge < -0.3 is 9.84 Å². The Hall–Kier alpha value is -1.46. The molecular formula is C6H4F3NO2. The molecular weight excluding hydrogens is 175 g/mol. The van der Waals surface area contributed by atoms with Gasteiger partial charge in [-0.15, -0.1) is 0 Å². The average molecular weight is 179 g/mol. The first-order valence-electron chi connectivity index (χ1n) is 2.85. The first-order chi connectivity index (χ1) is 5.57. The third-order valence-electron chi connectivity index (χ3n) is 1.19. The third kappa shape index (κ3) is 1.15. The third-order valence-corrected chi connectivity index (χ3v) is 1.19. The van der Waals surface area contributed by atoms with Crippen molar-refractivity contribution in [1.29, 1.82) is 0 Å². The number of hydrogen-bond donors (Lipinski definition) is 1. The van der Waals surface area contributed by atoms with Crippen LogP contribution in [0.5, 0.6) is 11.5 Å². The molecule has 1 aromatic rings. The molecule has 0 unspecified atom stereocenters. The Bertz CT molecular complexity index is 290. The molecule has 0 saturated heterocycles. The van der Waals surface area contributed by atoms with Crippen LogP contribution in [0.3, 0.4) is 0 Å². The highest BCUT2D eigenvalue weighted by Crippen LogP contribution is 2.31. The number of methoxy groups -OCH3 is 1. The standard InChI is InChI=1S/C6H4F3NO2/c1-12-4-2(7)5(8)10-6(9)3(4)11/h11H,1H3. The van der Waals surface area contributed by atoms with Crippen LogP contribution in [-0.4, -0.2) is 17.2 Å². The minimum absolute atomic E-state index is 0.889. The van der Waals surface area contributed by atoms with Gasteiger partial charge in [0.25, 0.3) is 11.9 Å². The van der Waals surface area contributed by atoms with Crippen LogP contribution >= 0.6 is 0 Å².